The molecule has 0 aromatic heterocycles. The first-order chi connectivity index (χ1) is 8.66. The highest BCUT2D eigenvalue weighted by Crippen LogP contribution is 2.13. The van der Waals surface area contributed by atoms with Gasteiger partial charge in [-0.15, -0.1) is 0 Å². The number of nitrogens with zero attached hydrogens (tertiary/aromatic N) is 1. The predicted molar refractivity (Wildman–Crippen MR) is 73.4 cm³/mol. The summed E-state index contributed by atoms with van der Waals surface area (Å²) >= 11 is 0. The van der Waals surface area contributed by atoms with Crippen LogP contribution in [-0.4, -0.2) is 36.0 Å². The van der Waals surface area contributed by atoms with Gasteiger partial charge in [0.25, 0.3) is 0 Å². The van der Waals surface area contributed by atoms with E-state index in [0.717, 1.165) is 25.9 Å². The number of nitrogens with one attached hydrogen (secondary N) is 1. The molecule has 1 heterocycles. The van der Waals surface area contributed by atoms with Crippen LogP contribution in [0.4, 0.5) is 0 Å². The minimum absolute atomic E-state index is 0.0285. The Bertz CT molecular complexity index is 389. The van der Waals surface area contributed by atoms with Crippen molar-refractivity contribution >= 4 is 5.91 Å². The molecule has 0 radical (unpaired) electrons. The Kier molecular flexibility index (Phi) is 4.37. The molecule has 1 aromatic carbocycles. The van der Waals surface area contributed by atoms with E-state index < -0.39 is 0 Å². The van der Waals surface area contributed by atoms with E-state index in [1.165, 1.54) is 5.56 Å². The minimum Gasteiger partial charge on any atom is -0.341 e. The highest BCUT2D eigenvalue weighted by molar-refractivity contribution is 5.84. The number of likely N-dealkylation sites (tertiary alicyclic amines) is 1. The summed E-state index contributed by atoms with van der Waals surface area (Å²) in [6.07, 6.45) is 1.88. The van der Waals surface area contributed by atoms with Crippen molar-refractivity contribution in [3.05, 3.63) is 35.9 Å². The van der Waals surface area contributed by atoms with Crippen LogP contribution in [0.5, 0.6) is 0 Å². The second kappa shape index (κ2) is 6.01. The van der Waals surface area contributed by atoms with Crippen molar-refractivity contribution in [3.63, 3.8) is 0 Å². The van der Waals surface area contributed by atoms with Crippen LogP contribution in [0, 0.1) is 0 Å². The van der Waals surface area contributed by atoms with Crippen LogP contribution in [0.2, 0.25) is 0 Å². The second-order valence-corrected chi connectivity index (χ2v) is 5.22. The lowest BCUT2D eigenvalue weighted by molar-refractivity contribution is -0.129. The number of hydrogen-bond acceptors (Lipinski definition) is 2. The van der Waals surface area contributed by atoms with E-state index in [2.05, 4.69) is 31.3 Å². The molecule has 1 amide bonds. The van der Waals surface area contributed by atoms with Crippen LogP contribution in [0.25, 0.3) is 0 Å². The van der Waals surface area contributed by atoms with Crippen molar-refractivity contribution in [2.45, 2.75) is 38.8 Å². The van der Waals surface area contributed by atoms with E-state index in [4.69, 9.17) is 0 Å². The Morgan fingerprint density at radius 2 is 2.06 bits per heavy atom. The van der Waals surface area contributed by atoms with E-state index in [9.17, 15) is 4.79 Å². The molecule has 1 atom stereocenters. The van der Waals surface area contributed by atoms with Gasteiger partial charge in [-0.1, -0.05) is 44.2 Å². The van der Waals surface area contributed by atoms with E-state index in [1.807, 2.05) is 23.1 Å². The summed E-state index contributed by atoms with van der Waals surface area (Å²) in [7, 11) is 0. The molecule has 0 bridgehead atoms. The fourth-order valence-electron chi connectivity index (χ4n) is 2.43. The van der Waals surface area contributed by atoms with Gasteiger partial charge in [0.15, 0.2) is 0 Å². The van der Waals surface area contributed by atoms with Crippen LogP contribution in [0.15, 0.2) is 30.3 Å². The maximum absolute atomic E-state index is 12.1. The normalized spacial score (nSPS) is 19.8. The van der Waals surface area contributed by atoms with Gasteiger partial charge in [0.2, 0.25) is 5.91 Å². The molecule has 1 aliphatic heterocycles. The predicted octanol–water partition coefficient (Wildman–Crippen LogP) is 1.83. The van der Waals surface area contributed by atoms with E-state index >= 15 is 0 Å². The van der Waals surface area contributed by atoms with Gasteiger partial charge in [-0.2, -0.15) is 0 Å². The van der Waals surface area contributed by atoms with Crippen molar-refractivity contribution in [2.75, 3.05) is 13.1 Å². The molecule has 1 unspecified atom stereocenters. The van der Waals surface area contributed by atoms with Crippen LogP contribution < -0.4 is 5.32 Å². The number of hydrogen-bond donors (Lipinski definition) is 1. The summed E-state index contributed by atoms with van der Waals surface area (Å²) in [5.74, 6) is 0.264. The maximum Gasteiger partial charge on any atom is 0.239 e. The van der Waals surface area contributed by atoms with Gasteiger partial charge in [0, 0.05) is 19.1 Å². The monoisotopic (exact) mass is 246 g/mol. The summed E-state index contributed by atoms with van der Waals surface area (Å²) in [5, 5.41) is 3.33. The van der Waals surface area contributed by atoms with Gasteiger partial charge in [0.1, 0.15) is 0 Å². The average molecular weight is 246 g/mol. The number of carbonyl (C=O) groups is 1. The molecule has 1 saturated heterocycles. The quantitative estimate of drug-likeness (QED) is 0.859. The topological polar surface area (TPSA) is 32.3 Å². The Labute approximate surface area is 109 Å². The van der Waals surface area contributed by atoms with E-state index in [0.29, 0.717) is 6.04 Å². The number of amides is 1. The molecular weight excluding hydrogens is 224 g/mol. The molecule has 1 N–H and O–H groups in total. The van der Waals surface area contributed by atoms with Crippen LogP contribution in [0.3, 0.4) is 0 Å². The smallest absolute Gasteiger partial charge is 0.239 e. The second-order valence-electron chi connectivity index (χ2n) is 5.22. The molecule has 0 aliphatic carbocycles. The summed E-state index contributed by atoms with van der Waals surface area (Å²) in [4.78, 5) is 14.1. The number of benzene rings is 1. The Balaban J connectivity index is 1.83. The van der Waals surface area contributed by atoms with Crippen LogP contribution in [0.1, 0.15) is 25.8 Å². The third-order valence-corrected chi connectivity index (χ3v) is 3.35. The zero-order valence-corrected chi connectivity index (χ0v) is 11.2. The van der Waals surface area contributed by atoms with Crippen LogP contribution in [-0.2, 0) is 11.2 Å². The summed E-state index contributed by atoms with van der Waals surface area (Å²) in [6.45, 7) is 5.88. The molecule has 3 heteroatoms. The first-order valence-electron chi connectivity index (χ1n) is 6.75. The fraction of sp³-hybridized carbons (Fsp3) is 0.533. The van der Waals surface area contributed by atoms with Crippen molar-refractivity contribution in [1.82, 2.24) is 10.2 Å². The van der Waals surface area contributed by atoms with E-state index in [-0.39, 0.29) is 11.9 Å². The first-order valence-corrected chi connectivity index (χ1v) is 6.75. The van der Waals surface area contributed by atoms with Gasteiger partial charge in [-0.25, -0.2) is 0 Å². The first kappa shape index (κ1) is 13.1. The van der Waals surface area contributed by atoms with Gasteiger partial charge in [-0.05, 0) is 18.4 Å². The molecule has 0 saturated carbocycles. The molecule has 2 rings (SSSR count). The minimum atomic E-state index is 0.0285. The van der Waals surface area contributed by atoms with Gasteiger partial charge >= 0.3 is 0 Å². The van der Waals surface area contributed by atoms with Crippen molar-refractivity contribution in [3.8, 4) is 0 Å². The third-order valence-electron chi connectivity index (χ3n) is 3.35. The molecular formula is C15H22N2O. The molecule has 1 aromatic rings. The zero-order valence-electron chi connectivity index (χ0n) is 11.2. The van der Waals surface area contributed by atoms with Crippen molar-refractivity contribution in [2.24, 2.45) is 0 Å². The molecule has 1 fully saturated rings. The number of rotatable bonds is 5. The number of carbonyl (C=O) groups excluding carboxylic acids is 1. The summed E-state index contributed by atoms with van der Waals surface area (Å²) < 4.78 is 0. The van der Waals surface area contributed by atoms with Gasteiger partial charge < -0.3 is 10.2 Å². The SMILES string of the molecule is CC(C)NC1CCN(CCc2ccccc2)C1=O. The highest BCUT2D eigenvalue weighted by atomic mass is 16.2. The van der Waals surface area contributed by atoms with Gasteiger partial charge in [0.05, 0.1) is 6.04 Å². The largest absolute Gasteiger partial charge is 0.341 e. The third kappa shape index (κ3) is 3.33. The lowest BCUT2D eigenvalue weighted by Gasteiger charge is -2.18. The highest BCUT2D eigenvalue weighted by Gasteiger charge is 2.31. The summed E-state index contributed by atoms with van der Waals surface area (Å²) in [5.41, 5.74) is 1.30. The Hall–Kier alpha value is -1.35. The molecule has 98 valence electrons. The van der Waals surface area contributed by atoms with Crippen molar-refractivity contribution in [1.29, 1.82) is 0 Å². The molecule has 1 aliphatic rings. The lowest BCUT2D eigenvalue weighted by atomic mass is 10.1. The lowest BCUT2D eigenvalue weighted by Crippen LogP contribution is -2.41. The molecule has 3 nitrogen and oxygen atoms in total. The average Bonchev–Trinajstić information content (AvgIpc) is 2.69. The zero-order chi connectivity index (χ0) is 13.0. The Morgan fingerprint density at radius 3 is 2.72 bits per heavy atom. The van der Waals surface area contributed by atoms with E-state index in [1.54, 1.807) is 0 Å². The van der Waals surface area contributed by atoms with Crippen molar-refractivity contribution < 1.29 is 4.79 Å². The molecule has 0 spiro atoms. The maximum atomic E-state index is 12.1. The Morgan fingerprint density at radius 1 is 1.33 bits per heavy atom. The summed E-state index contributed by atoms with van der Waals surface area (Å²) in [6, 6.07) is 10.7. The van der Waals surface area contributed by atoms with Crippen LogP contribution >= 0.6 is 0 Å². The molecule has 18 heavy (non-hydrogen) atoms. The van der Waals surface area contributed by atoms with Gasteiger partial charge in [-0.3, -0.25) is 4.79 Å². The fourth-order valence-corrected chi connectivity index (χ4v) is 2.43. The standard InChI is InChI=1S/C15H22N2O/c1-12(2)16-14-9-11-17(15(14)18)10-8-13-6-4-3-5-7-13/h3-7,12,14,16H,8-11H2,1-2H3.